The molecule has 0 bridgehead atoms. The Hall–Kier alpha value is -3.01. The van der Waals surface area contributed by atoms with Gasteiger partial charge >= 0.3 is 0 Å². The zero-order valence-electron chi connectivity index (χ0n) is 25.2. The molecule has 0 atom stereocenters. The molecule has 43 heavy (non-hydrogen) atoms. The fraction of sp³-hybridized carbons (Fsp3) is 0.471. The number of rotatable bonds is 13. The van der Waals surface area contributed by atoms with Gasteiger partial charge in [0, 0.05) is 24.7 Å². The lowest BCUT2D eigenvalue weighted by Gasteiger charge is -2.28. The lowest BCUT2D eigenvalue weighted by Crippen LogP contribution is -2.48. The van der Waals surface area contributed by atoms with Gasteiger partial charge in [-0.15, -0.1) is 0 Å². The first-order chi connectivity index (χ1) is 20.9. The first kappa shape index (κ1) is 31.4. The number of nitrogens with one attached hydrogen (secondary N) is 1. The minimum Gasteiger partial charge on any atom is -0.492 e. The van der Waals surface area contributed by atoms with Crippen molar-refractivity contribution in [1.82, 2.24) is 10.2 Å². The molecule has 2 aliphatic heterocycles. The van der Waals surface area contributed by atoms with E-state index in [-0.39, 0.29) is 13.2 Å². The Balaban J connectivity index is 1.32. The molecule has 0 aromatic heterocycles. The van der Waals surface area contributed by atoms with Gasteiger partial charge in [-0.25, -0.2) is 0 Å². The quantitative estimate of drug-likeness (QED) is 0.238. The van der Waals surface area contributed by atoms with Gasteiger partial charge in [0.2, 0.25) is 0 Å². The maximum absolute atomic E-state index is 9.75. The highest BCUT2D eigenvalue weighted by Gasteiger charge is 2.23. The van der Waals surface area contributed by atoms with E-state index in [9.17, 15) is 10.2 Å². The number of hydrogen-bond donors (Lipinski definition) is 3. The third-order valence-corrected chi connectivity index (χ3v) is 8.61. The summed E-state index contributed by atoms with van der Waals surface area (Å²) in [7, 11) is 0. The molecule has 0 unspecified atom stereocenters. The second-order valence-electron chi connectivity index (χ2n) is 11.6. The van der Waals surface area contributed by atoms with E-state index in [1.807, 2.05) is 30.3 Å². The van der Waals surface area contributed by atoms with Crippen LogP contribution in [0.3, 0.4) is 0 Å². The normalized spacial score (nSPS) is 15.4. The monoisotopic (exact) mass is 610 g/mol. The predicted molar refractivity (Wildman–Crippen MR) is 169 cm³/mol. The fourth-order valence-corrected chi connectivity index (χ4v) is 5.66. The minimum atomic E-state index is -0.827. The summed E-state index contributed by atoms with van der Waals surface area (Å²) in [5.74, 6) is 2.74. The molecule has 0 saturated carbocycles. The van der Waals surface area contributed by atoms with Gasteiger partial charge in [0.05, 0.1) is 23.8 Å². The molecule has 0 radical (unpaired) electrons. The van der Waals surface area contributed by atoms with Crippen LogP contribution in [-0.2, 0) is 13.2 Å². The van der Waals surface area contributed by atoms with Crippen LogP contribution in [0.5, 0.6) is 23.0 Å². The standard InChI is InChI=1S/C34H43ClN2O6/c1-24-26(7-6-8-28(24)25-9-10-30-33(18-25)42-16-15-41-30)21-43-32-19-31(40-14-13-37-11-4-3-5-12-37)27(17-29(32)35)20-36-34(2,22-38)23-39/h6-10,17-19,36,38-39H,3-5,11-16,20-23H2,1-2H3. The van der Waals surface area contributed by atoms with E-state index in [0.29, 0.717) is 49.5 Å². The average Bonchev–Trinajstić information content (AvgIpc) is 3.04. The van der Waals surface area contributed by atoms with Gasteiger partial charge in [0.1, 0.15) is 37.9 Å². The van der Waals surface area contributed by atoms with Gasteiger partial charge in [-0.1, -0.05) is 42.3 Å². The first-order valence-electron chi connectivity index (χ1n) is 15.1. The van der Waals surface area contributed by atoms with Crippen LogP contribution in [0.25, 0.3) is 11.1 Å². The smallest absolute Gasteiger partial charge is 0.161 e. The lowest BCUT2D eigenvalue weighted by atomic mass is 9.96. The summed E-state index contributed by atoms with van der Waals surface area (Å²) in [6.45, 7) is 8.87. The van der Waals surface area contributed by atoms with Crippen LogP contribution in [0.1, 0.15) is 42.9 Å². The molecule has 5 rings (SSSR count). The number of piperidine rings is 1. The Morgan fingerprint density at radius 2 is 1.67 bits per heavy atom. The highest BCUT2D eigenvalue weighted by Crippen LogP contribution is 2.37. The van der Waals surface area contributed by atoms with Gasteiger partial charge in [0.15, 0.2) is 11.5 Å². The summed E-state index contributed by atoms with van der Waals surface area (Å²) in [5.41, 5.74) is 4.32. The van der Waals surface area contributed by atoms with Crippen LogP contribution in [0, 0.1) is 6.92 Å². The number of nitrogens with zero attached hydrogens (tertiary/aromatic N) is 1. The third kappa shape index (κ3) is 7.94. The van der Waals surface area contributed by atoms with Gasteiger partial charge < -0.3 is 34.5 Å². The SMILES string of the molecule is Cc1c(COc2cc(OCCN3CCCCC3)c(CNC(C)(CO)CO)cc2Cl)cccc1-c1ccc2c(c1)OCCO2. The third-order valence-electron chi connectivity index (χ3n) is 8.31. The van der Waals surface area contributed by atoms with Gasteiger partial charge in [0.25, 0.3) is 0 Å². The lowest BCUT2D eigenvalue weighted by molar-refractivity contribution is 0.103. The van der Waals surface area contributed by atoms with E-state index >= 15 is 0 Å². The molecule has 3 aromatic carbocycles. The number of likely N-dealkylation sites (tertiary alicyclic amines) is 1. The highest BCUT2D eigenvalue weighted by atomic mass is 35.5. The molecule has 1 saturated heterocycles. The van der Waals surface area contributed by atoms with Crippen molar-refractivity contribution in [2.45, 2.75) is 51.8 Å². The number of benzene rings is 3. The number of ether oxygens (including phenoxy) is 4. The Bertz CT molecular complexity index is 1370. The van der Waals surface area contributed by atoms with E-state index in [4.69, 9.17) is 30.5 Å². The van der Waals surface area contributed by atoms with Crippen LogP contribution in [0.15, 0.2) is 48.5 Å². The van der Waals surface area contributed by atoms with Crippen LogP contribution in [-0.4, -0.2) is 73.3 Å². The molecule has 0 amide bonds. The second kappa shape index (κ2) is 14.6. The minimum absolute atomic E-state index is 0.200. The van der Waals surface area contributed by atoms with Crippen molar-refractivity contribution in [2.24, 2.45) is 0 Å². The van der Waals surface area contributed by atoms with Crippen molar-refractivity contribution in [3.8, 4) is 34.1 Å². The van der Waals surface area contributed by atoms with Crippen molar-refractivity contribution >= 4 is 11.6 Å². The number of aliphatic hydroxyl groups excluding tert-OH is 2. The van der Waals surface area contributed by atoms with Crippen molar-refractivity contribution in [3.05, 3.63) is 70.2 Å². The summed E-state index contributed by atoms with van der Waals surface area (Å²) >= 11 is 6.73. The zero-order chi connectivity index (χ0) is 30.2. The Kier molecular flexibility index (Phi) is 10.7. The Labute approximate surface area is 259 Å². The van der Waals surface area contributed by atoms with Crippen LogP contribution >= 0.6 is 11.6 Å². The maximum Gasteiger partial charge on any atom is 0.161 e. The molecule has 1 fully saturated rings. The van der Waals surface area contributed by atoms with E-state index in [1.165, 1.54) is 19.3 Å². The van der Waals surface area contributed by atoms with Crippen molar-refractivity contribution < 1.29 is 29.2 Å². The Morgan fingerprint density at radius 1 is 0.907 bits per heavy atom. The molecule has 0 aliphatic carbocycles. The topological polar surface area (TPSA) is 92.7 Å². The van der Waals surface area contributed by atoms with Crippen molar-refractivity contribution in [2.75, 3.05) is 52.7 Å². The first-order valence-corrected chi connectivity index (χ1v) is 15.5. The number of hydrogen-bond acceptors (Lipinski definition) is 8. The van der Waals surface area contributed by atoms with Gasteiger partial charge in [-0.05, 0) is 80.2 Å². The predicted octanol–water partition coefficient (Wildman–Crippen LogP) is 5.36. The maximum atomic E-state index is 9.75. The summed E-state index contributed by atoms with van der Waals surface area (Å²) in [6, 6.07) is 15.9. The molecule has 8 nitrogen and oxygen atoms in total. The van der Waals surface area contributed by atoms with E-state index in [0.717, 1.165) is 59.0 Å². The molecule has 232 valence electrons. The molecule has 3 N–H and O–H groups in total. The van der Waals surface area contributed by atoms with Crippen molar-refractivity contribution in [1.29, 1.82) is 0 Å². The van der Waals surface area contributed by atoms with E-state index in [2.05, 4.69) is 35.3 Å². The summed E-state index contributed by atoms with van der Waals surface area (Å²) in [6.07, 6.45) is 3.74. The van der Waals surface area contributed by atoms with E-state index < -0.39 is 5.54 Å². The molecular weight excluding hydrogens is 568 g/mol. The number of aliphatic hydroxyl groups is 2. The number of fused-ring (bicyclic) bond motifs is 1. The number of halogens is 1. The Morgan fingerprint density at radius 3 is 2.44 bits per heavy atom. The molecule has 3 aromatic rings. The molecule has 2 aliphatic rings. The summed E-state index contributed by atoms with van der Waals surface area (Å²) in [4.78, 5) is 2.43. The zero-order valence-corrected chi connectivity index (χ0v) is 25.9. The summed E-state index contributed by atoms with van der Waals surface area (Å²) in [5, 5.41) is 23.2. The van der Waals surface area contributed by atoms with Gasteiger partial charge in [-0.2, -0.15) is 0 Å². The van der Waals surface area contributed by atoms with Crippen LogP contribution in [0.4, 0.5) is 0 Å². The van der Waals surface area contributed by atoms with Crippen LogP contribution < -0.4 is 24.3 Å². The van der Waals surface area contributed by atoms with Crippen LogP contribution in [0.2, 0.25) is 5.02 Å². The summed E-state index contributed by atoms with van der Waals surface area (Å²) < 4.78 is 24.1. The molecule has 0 spiro atoms. The molecule has 2 heterocycles. The van der Waals surface area contributed by atoms with Gasteiger partial charge in [-0.3, -0.25) is 4.90 Å². The van der Waals surface area contributed by atoms with Crippen molar-refractivity contribution in [3.63, 3.8) is 0 Å². The largest absolute Gasteiger partial charge is 0.492 e. The average molecular weight is 611 g/mol. The second-order valence-corrected chi connectivity index (χ2v) is 12.0. The molecule has 9 heteroatoms. The molecular formula is C34H43ClN2O6. The fourth-order valence-electron chi connectivity index (χ4n) is 5.42. The highest BCUT2D eigenvalue weighted by molar-refractivity contribution is 6.32. The van der Waals surface area contributed by atoms with E-state index in [1.54, 1.807) is 6.92 Å².